The number of primary sulfonamides is 1. The van der Waals surface area contributed by atoms with E-state index >= 15 is 0 Å². The minimum atomic E-state index is -4.02. The van der Waals surface area contributed by atoms with E-state index in [0.717, 1.165) is 0 Å². The molecule has 2 rings (SSSR count). The number of hydrogen-bond acceptors (Lipinski definition) is 4. The maximum absolute atomic E-state index is 11.7. The van der Waals surface area contributed by atoms with Gasteiger partial charge in [-0.15, -0.1) is 0 Å². The quantitative estimate of drug-likeness (QED) is 0.464. The van der Waals surface area contributed by atoms with Gasteiger partial charge in [0.05, 0.1) is 5.03 Å². The molecule has 0 bridgehead atoms. The number of dihydropyridines is 1. The maximum Gasteiger partial charge on any atom is 0.238 e. The summed E-state index contributed by atoms with van der Waals surface area (Å²) < 4.78 is 23.9. The summed E-state index contributed by atoms with van der Waals surface area (Å²) in [5.41, 5.74) is 0.469. The first-order chi connectivity index (χ1) is 8.73. The number of nitrogens with two attached hydrogens (primary N) is 1. The lowest BCUT2D eigenvalue weighted by Gasteiger charge is -2.32. The van der Waals surface area contributed by atoms with E-state index in [1.165, 1.54) is 18.5 Å². The minimum absolute atomic E-state index is 0.188. The molecule has 9 heteroatoms. The van der Waals surface area contributed by atoms with E-state index < -0.39 is 15.0 Å². The summed E-state index contributed by atoms with van der Waals surface area (Å²) in [4.78, 5) is 2.21. The Labute approximate surface area is 128 Å². The van der Waals surface area contributed by atoms with E-state index in [-0.39, 0.29) is 9.94 Å². The molecule has 1 aromatic rings. The largest absolute Gasteiger partial charge is 0.364 e. The van der Waals surface area contributed by atoms with Crippen LogP contribution >= 0.6 is 39.1 Å². The van der Waals surface area contributed by atoms with Gasteiger partial charge in [0.1, 0.15) is 9.51 Å². The van der Waals surface area contributed by atoms with Crippen LogP contribution in [0, 0.1) is 0 Å². The fourth-order valence-electron chi connectivity index (χ4n) is 1.63. The van der Waals surface area contributed by atoms with Gasteiger partial charge in [0.15, 0.2) is 5.00 Å². The number of hydrogen-bond donors (Lipinski definition) is 2. The Bertz CT molecular complexity index is 690. The highest BCUT2D eigenvalue weighted by atomic mass is 79.9. The zero-order chi connectivity index (χ0) is 14.3. The second-order valence-corrected chi connectivity index (χ2v) is 7.10. The van der Waals surface area contributed by atoms with Crippen LogP contribution in [0.1, 0.15) is 5.56 Å². The van der Waals surface area contributed by atoms with Crippen LogP contribution in [0.25, 0.3) is 0 Å². The van der Waals surface area contributed by atoms with Crippen LogP contribution in [0.15, 0.2) is 45.1 Å². The summed E-state index contributed by atoms with van der Waals surface area (Å²) in [6, 6.07) is 3.17. The highest BCUT2D eigenvalue weighted by Crippen LogP contribution is 2.40. The van der Waals surface area contributed by atoms with Crippen LogP contribution in [-0.2, 0) is 15.0 Å². The van der Waals surface area contributed by atoms with Crippen molar-refractivity contribution in [2.45, 2.75) is 5.00 Å². The number of sulfonamides is 1. The summed E-state index contributed by atoms with van der Waals surface area (Å²) >= 11 is 15.4. The molecular weight excluding hydrogens is 377 g/mol. The topological polar surface area (TPSA) is 85.1 Å². The number of halogens is 3. The molecule has 3 N–H and O–H groups in total. The average Bonchev–Trinajstić information content (AvgIpc) is 2.31. The fourth-order valence-corrected chi connectivity index (χ4v) is 3.63. The van der Waals surface area contributed by atoms with Crippen LogP contribution < -0.4 is 10.5 Å². The standard InChI is InChI=1S/C10H8BrCl2N3O2S/c11-9-3-6(1-2-15-9)10(13)8(19(14,17)18)4-7(12)5-16-10/h1-5,16H,(H2,14,17,18). The molecule has 0 aromatic carbocycles. The summed E-state index contributed by atoms with van der Waals surface area (Å²) in [5.74, 6) is 0. The van der Waals surface area contributed by atoms with Gasteiger partial charge in [0.25, 0.3) is 0 Å². The average molecular weight is 385 g/mol. The van der Waals surface area contributed by atoms with Gasteiger partial charge < -0.3 is 5.32 Å². The Morgan fingerprint density at radius 3 is 2.74 bits per heavy atom. The molecule has 102 valence electrons. The smallest absolute Gasteiger partial charge is 0.238 e. The Morgan fingerprint density at radius 2 is 2.16 bits per heavy atom. The summed E-state index contributed by atoms with van der Waals surface area (Å²) in [7, 11) is -4.02. The van der Waals surface area contributed by atoms with Crippen LogP contribution in [0.3, 0.4) is 0 Å². The lowest BCUT2D eigenvalue weighted by molar-refractivity contribution is 0.582. The van der Waals surface area contributed by atoms with Crippen molar-refractivity contribution in [3.05, 3.63) is 50.7 Å². The summed E-state index contributed by atoms with van der Waals surface area (Å²) in [6.45, 7) is 0. The molecule has 0 amide bonds. The maximum atomic E-state index is 11.7. The van der Waals surface area contributed by atoms with Gasteiger partial charge in [0.2, 0.25) is 10.0 Å². The number of pyridine rings is 1. The van der Waals surface area contributed by atoms with Gasteiger partial charge in [-0.25, -0.2) is 18.5 Å². The molecule has 0 radical (unpaired) electrons. The molecule has 0 saturated heterocycles. The molecule has 1 aliphatic heterocycles. The zero-order valence-corrected chi connectivity index (χ0v) is 13.2. The zero-order valence-electron chi connectivity index (χ0n) is 9.27. The molecule has 0 saturated carbocycles. The number of nitrogens with one attached hydrogen (secondary N) is 1. The SMILES string of the molecule is NS(=O)(=O)C1=CC(Cl)=CNC1(Cl)c1ccnc(Br)c1. The van der Waals surface area contributed by atoms with Crippen molar-refractivity contribution < 1.29 is 8.42 Å². The van der Waals surface area contributed by atoms with E-state index in [1.807, 2.05) is 0 Å². The Balaban J connectivity index is 2.63. The van der Waals surface area contributed by atoms with Gasteiger partial charge in [-0.05, 0) is 34.1 Å². The lowest BCUT2D eigenvalue weighted by atomic mass is 10.1. The second kappa shape index (κ2) is 5.06. The van der Waals surface area contributed by atoms with E-state index in [4.69, 9.17) is 28.3 Å². The Morgan fingerprint density at radius 1 is 1.47 bits per heavy atom. The van der Waals surface area contributed by atoms with Crippen LogP contribution in [0.4, 0.5) is 0 Å². The fraction of sp³-hybridized carbons (Fsp3) is 0.100. The van der Waals surface area contributed by atoms with Crippen molar-refractivity contribution in [1.82, 2.24) is 10.3 Å². The Hall–Kier alpha value is -0.600. The summed E-state index contributed by atoms with van der Waals surface area (Å²) in [6.07, 6.45) is 4.11. The van der Waals surface area contributed by atoms with Crippen molar-refractivity contribution in [2.24, 2.45) is 5.14 Å². The predicted molar refractivity (Wildman–Crippen MR) is 77.7 cm³/mol. The van der Waals surface area contributed by atoms with Crippen molar-refractivity contribution in [1.29, 1.82) is 0 Å². The van der Waals surface area contributed by atoms with E-state index in [1.54, 1.807) is 12.1 Å². The third-order valence-electron chi connectivity index (χ3n) is 2.45. The van der Waals surface area contributed by atoms with Crippen molar-refractivity contribution in [3.63, 3.8) is 0 Å². The van der Waals surface area contributed by atoms with Gasteiger partial charge in [-0.3, -0.25) is 0 Å². The monoisotopic (exact) mass is 383 g/mol. The molecule has 1 atom stereocenters. The molecule has 5 nitrogen and oxygen atoms in total. The third-order valence-corrected chi connectivity index (χ3v) is 4.78. The minimum Gasteiger partial charge on any atom is -0.364 e. The molecule has 1 aromatic heterocycles. The number of allylic oxidation sites excluding steroid dienone is 2. The highest BCUT2D eigenvalue weighted by molar-refractivity contribution is 9.10. The first-order valence-corrected chi connectivity index (χ1v) is 8.02. The van der Waals surface area contributed by atoms with E-state index in [0.29, 0.717) is 10.2 Å². The first-order valence-electron chi connectivity index (χ1n) is 4.93. The summed E-state index contributed by atoms with van der Waals surface area (Å²) in [5, 5.41) is 8.12. The molecule has 0 aliphatic carbocycles. The third kappa shape index (κ3) is 2.95. The van der Waals surface area contributed by atoms with Crippen LogP contribution in [0.5, 0.6) is 0 Å². The molecule has 19 heavy (non-hydrogen) atoms. The molecule has 0 spiro atoms. The molecular formula is C10H8BrCl2N3O2S. The molecule has 1 unspecified atom stereocenters. The number of aromatic nitrogens is 1. The molecule has 1 aliphatic rings. The molecule has 0 fully saturated rings. The number of alkyl halides is 1. The highest BCUT2D eigenvalue weighted by Gasteiger charge is 2.41. The van der Waals surface area contributed by atoms with Gasteiger partial charge in [-0.1, -0.05) is 23.2 Å². The molecule has 2 heterocycles. The van der Waals surface area contributed by atoms with Gasteiger partial charge in [-0.2, -0.15) is 0 Å². The lowest BCUT2D eigenvalue weighted by Crippen LogP contribution is -2.42. The van der Waals surface area contributed by atoms with Crippen molar-refractivity contribution >= 4 is 49.2 Å². The number of nitrogens with zero attached hydrogens (tertiary/aromatic N) is 1. The first kappa shape index (κ1) is 14.8. The van der Waals surface area contributed by atoms with E-state index in [9.17, 15) is 8.42 Å². The van der Waals surface area contributed by atoms with Crippen LogP contribution in [0.2, 0.25) is 0 Å². The second-order valence-electron chi connectivity index (χ2n) is 3.75. The van der Waals surface area contributed by atoms with Crippen molar-refractivity contribution in [2.75, 3.05) is 0 Å². The number of rotatable bonds is 2. The van der Waals surface area contributed by atoms with Crippen molar-refractivity contribution in [3.8, 4) is 0 Å². The van der Waals surface area contributed by atoms with Gasteiger partial charge in [0, 0.05) is 18.0 Å². The van der Waals surface area contributed by atoms with Gasteiger partial charge >= 0.3 is 0 Å². The Kier molecular flexibility index (Phi) is 3.95. The normalized spacial score (nSPS) is 23.4. The predicted octanol–water partition coefficient (Wildman–Crippen LogP) is 2.09. The van der Waals surface area contributed by atoms with Crippen LogP contribution in [-0.4, -0.2) is 13.4 Å². The van der Waals surface area contributed by atoms with E-state index in [2.05, 4.69) is 26.2 Å².